The fourth-order valence-electron chi connectivity index (χ4n) is 4.55. The number of carbonyl (C=O) groups is 2. The van der Waals surface area contributed by atoms with Gasteiger partial charge < -0.3 is 15.0 Å². The summed E-state index contributed by atoms with van der Waals surface area (Å²) in [5.41, 5.74) is 1.87. The standard InChI is InChI=1S/C35H38ClN3O5S/c1-5-26(3)37-35(41)27(4)38(23-28-10-9-11-29(36)22-28)34(40)24-39(45(42,43)33-20-14-25(2)15-21-33)30-16-18-32(19-17-30)44-31-12-7-6-8-13-31/h6-22,26-27H,5,23-24H2,1-4H3,(H,37,41)/t26-,27+/m1/s1. The number of amides is 2. The minimum Gasteiger partial charge on any atom is -0.457 e. The van der Waals surface area contributed by atoms with Crippen molar-refractivity contribution in [2.24, 2.45) is 0 Å². The van der Waals surface area contributed by atoms with Crippen molar-refractivity contribution < 1.29 is 22.7 Å². The van der Waals surface area contributed by atoms with Crippen LogP contribution >= 0.6 is 11.6 Å². The van der Waals surface area contributed by atoms with E-state index >= 15 is 0 Å². The lowest BCUT2D eigenvalue weighted by Crippen LogP contribution is -2.52. The Balaban J connectivity index is 1.70. The first-order valence-electron chi connectivity index (χ1n) is 14.7. The van der Waals surface area contributed by atoms with Gasteiger partial charge in [0.25, 0.3) is 10.0 Å². The fourth-order valence-corrected chi connectivity index (χ4v) is 6.18. The molecular formula is C35H38ClN3O5S. The Morgan fingerprint density at radius 2 is 1.51 bits per heavy atom. The summed E-state index contributed by atoms with van der Waals surface area (Å²) in [7, 11) is -4.20. The van der Waals surface area contributed by atoms with Crippen LogP contribution in [0.3, 0.4) is 0 Å². The van der Waals surface area contributed by atoms with Gasteiger partial charge in [-0.15, -0.1) is 0 Å². The molecule has 2 atom stereocenters. The Morgan fingerprint density at radius 1 is 0.867 bits per heavy atom. The second-order valence-corrected chi connectivity index (χ2v) is 13.2. The summed E-state index contributed by atoms with van der Waals surface area (Å²) in [6.07, 6.45) is 0.716. The Morgan fingerprint density at radius 3 is 2.13 bits per heavy atom. The molecule has 4 rings (SSSR count). The number of sulfonamides is 1. The number of anilines is 1. The number of para-hydroxylation sites is 1. The number of aryl methyl sites for hydroxylation is 1. The molecule has 0 radical (unpaired) electrons. The fraction of sp³-hybridized carbons (Fsp3) is 0.257. The molecule has 0 saturated heterocycles. The summed E-state index contributed by atoms with van der Waals surface area (Å²) in [5, 5.41) is 3.41. The molecule has 0 aliphatic carbocycles. The molecule has 4 aromatic rings. The minimum absolute atomic E-state index is 0.0365. The predicted octanol–water partition coefficient (Wildman–Crippen LogP) is 6.97. The first-order chi connectivity index (χ1) is 21.5. The van der Waals surface area contributed by atoms with Gasteiger partial charge in [0.15, 0.2) is 0 Å². The number of carbonyl (C=O) groups excluding carboxylic acids is 2. The monoisotopic (exact) mass is 647 g/mol. The van der Waals surface area contributed by atoms with Crippen molar-refractivity contribution in [3.05, 3.63) is 119 Å². The van der Waals surface area contributed by atoms with Crippen molar-refractivity contribution in [2.75, 3.05) is 10.8 Å². The molecule has 4 aromatic carbocycles. The highest BCUT2D eigenvalue weighted by Gasteiger charge is 2.33. The first-order valence-corrected chi connectivity index (χ1v) is 16.6. The lowest BCUT2D eigenvalue weighted by atomic mass is 10.1. The SMILES string of the molecule is CC[C@@H](C)NC(=O)[C@H](C)N(Cc1cccc(Cl)c1)C(=O)CN(c1ccc(Oc2ccccc2)cc1)S(=O)(=O)c1ccc(C)cc1. The Kier molecular flexibility index (Phi) is 11.3. The van der Waals surface area contributed by atoms with Gasteiger partial charge in [-0.2, -0.15) is 0 Å². The van der Waals surface area contributed by atoms with Crippen LogP contribution in [0, 0.1) is 6.92 Å². The van der Waals surface area contributed by atoms with Crippen molar-refractivity contribution in [2.45, 2.75) is 57.6 Å². The summed E-state index contributed by atoms with van der Waals surface area (Å²) in [4.78, 5) is 28.8. The molecule has 8 nitrogen and oxygen atoms in total. The van der Waals surface area contributed by atoms with Crippen LogP contribution in [0.15, 0.2) is 108 Å². The van der Waals surface area contributed by atoms with Crippen molar-refractivity contribution in [1.82, 2.24) is 10.2 Å². The smallest absolute Gasteiger partial charge is 0.264 e. The van der Waals surface area contributed by atoms with Gasteiger partial charge in [-0.3, -0.25) is 13.9 Å². The molecule has 0 bridgehead atoms. The maximum Gasteiger partial charge on any atom is 0.264 e. The molecule has 0 aromatic heterocycles. The molecular weight excluding hydrogens is 610 g/mol. The molecule has 2 amide bonds. The van der Waals surface area contributed by atoms with Crippen LogP contribution in [0.2, 0.25) is 5.02 Å². The van der Waals surface area contributed by atoms with Gasteiger partial charge in [0.05, 0.1) is 10.6 Å². The van der Waals surface area contributed by atoms with Crippen molar-refractivity contribution in [1.29, 1.82) is 0 Å². The third-order valence-electron chi connectivity index (χ3n) is 7.40. The molecule has 1 N–H and O–H groups in total. The average Bonchev–Trinajstić information content (AvgIpc) is 3.03. The van der Waals surface area contributed by atoms with E-state index in [9.17, 15) is 18.0 Å². The van der Waals surface area contributed by atoms with Gasteiger partial charge in [0, 0.05) is 17.6 Å². The normalized spacial score (nSPS) is 12.6. The number of nitrogens with zero attached hydrogens (tertiary/aromatic N) is 2. The van der Waals surface area contributed by atoms with E-state index in [2.05, 4.69) is 5.32 Å². The van der Waals surface area contributed by atoms with Crippen LogP contribution in [-0.2, 0) is 26.2 Å². The third kappa shape index (κ3) is 8.86. The van der Waals surface area contributed by atoms with Gasteiger partial charge in [0.2, 0.25) is 11.8 Å². The van der Waals surface area contributed by atoms with Crippen molar-refractivity contribution in [3.8, 4) is 11.5 Å². The minimum atomic E-state index is -4.20. The lowest BCUT2D eigenvalue weighted by molar-refractivity contribution is -0.139. The van der Waals surface area contributed by atoms with Crippen LogP contribution in [0.1, 0.15) is 38.3 Å². The molecule has 0 aliphatic heterocycles. The first kappa shape index (κ1) is 33.6. The van der Waals surface area contributed by atoms with E-state index in [4.69, 9.17) is 16.3 Å². The number of rotatable bonds is 13. The van der Waals surface area contributed by atoms with Crippen LogP contribution in [0.5, 0.6) is 11.5 Å². The quantitative estimate of drug-likeness (QED) is 0.169. The molecule has 0 aliphatic rings. The summed E-state index contributed by atoms with van der Waals surface area (Å²) in [6, 6.07) is 28.1. The Hall–Kier alpha value is -4.34. The highest BCUT2D eigenvalue weighted by molar-refractivity contribution is 7.92. The molecule has 0 unspecified atom stereocenters. The molecule has 0 heterocycles. The maximum atomic E-state index is 14.1. The van der Waals surface area contributed by atoms with Gasteiger partial charge in [-0.25, -0.2) is 8.42 Å². The summed E-state index contributed by atoms with van der Waals surface area (Å²) in [5.74, 6) is 0.241. The lowest BCUT2D eigenvalue weighted by Gasteiger charge is -2.32. The van der Waals surface area contributed by atoms with Crippen molar-refractivity contribution >= 4 is 39.1 Å². The number of benzene rings is 4. The van der Waals surface area contributed by atoms with Crippen LogP contribution in [-0.4, -0.2) is 43.8 Å². The van der Waals surface area contributed by atoms with Gasteiger partial charge in [0.1, 0.15) is 24.1 Å². The molecule has 0 spiro atoms. The number of hydrogen-bond acceptors (Lipinski definition) is 5. The highest BCUT2D eigenvalue weighted by Crippen LogP contribution is 2.29. The van der Waals surface area contributed by atoms with E-state index in [1.807, 2.05) is 51.1 Å². The zero-order valence-electron chi connectivity index (χ0n) is 25.8. The second kappa shape index (κ2) is 15.1. The maximum absolute atomic E-state index is 14.1. The largest absolute Gasteiger partial charge is 0.457 e. The summed E-state index contributed by atoms with van der Waals surface area (Å²) < 4.78 is 35.2. The van der Waals surface area contributed by atoms with Gasteiger partial charge >= 0.3 is 0 Å². The van der Waals surface area contributed by atoms with E-state index < -0.39 is 28.5 Å². The number of hydrogen-bond donors (Lipinski definition) is 1. The molecule has 45 heavy (non-hydrogen) atoms. The number of nitrogens with one attached hydrogen (secondary N) is 1. The Labute approximate surface area is 270 Å². The number of halogens is 1. The van der Waals surface area contributed by atoms with Crippen molar-refractivity contribution in [3.63, 3.8) is 0 Å². The highest BCUT2D eigenvalue weighted by atomic mass is 35.5. The summed E-state index contributed by atoms with van der Waals surface area (Å²) in [6.45, 7) is 6.84. The van der Waals surface area contributed by atoms with Crippen LogP contribution in [0.25, 0.3) is 0 Å². The Bertz CT molecular complexity index is 1700. The number of ether oxygens (including phenoxy) is 1. The second-order valence-electron chi connectivity index (χ2n) is 10.9. The molecule has 0 fully saturated rings. The zero-order valence-corrected chi connectivity index (χ0v) is 27.4. The van der Waals surface area contributed by atoms with Crippen LogP contribution in [0.4, 0.5) is 5.69 Å². The molecule has 10 heteroatoms. The summed E-state index contributed by atoms with van der Waals surface area (Å²) >= 11 is 6.22. The van der Waals surface area contributed by atoms with E-state index in [1.165, 1.54) is 17.0 Å². The van der Waals surface area contributed by atoms with E-state index in [-0.39, 0.29) is 29.1 Å². The molecule has 236 valence electrons. The van der Waals surface area contributed by atoms with E-state index in [0.29, 0.717) is 28.5 Å². The predicted molar refractivity (Wildman–Crippen MR) is 178 cm³/mol. The average molecular weight is 648 g/mol. The topological polar surface area (TPSA) is 96.0 Å². The van der Waals surface area contributed by atoms with E-state index in [1.54, 1.807) is 67.6 Å². The zero-order chi connectivity index (χ0) is 32.6. The van der Waals surface area contributed by atoms with E-state index in [0.717, 1.165) is 9.87 Å². The van der Waals surface area contributed by atoms with Gasteiger partial charge in [-0.1, -0.05) is 66.6 Å². The van der Waals surface area contributed by atoms with Crippen LogP contribution < -0.4 is 14.4 Å². The third-order valence-corrected chi connectivity index (χ3v) is 9.42. The van der Waals surface area contributed by atoms with Gasteiger partial charge in [-0.05, 0) is 93.4 Å². The molecule has 0 saturated carbocycles.